The minimum absolute atomic E-state index is 0.222. The Morgan fingerprint density at radius 3 is 2.62 bits per heavy atom. The van der Waals surface area contributed by atoms with Gasteiger partial charge in [0.25, 0.3) is 0 Å². The Morgan fingerprint density at radius 1 is 1.10 bits per heavy atom. The molecular formula is C23H34N2O3S. The molecule has 2 N–H and O–H groups in total. The molecule has 2 rings (SSSR count). The van der Waals surface area contributed by atoms with E-state index < -0.39 is 6.10 Å². The molecular weight excluding hydrogens is 384 g/mol. The number of nitrogens with one attached hydrogen (secondary N) is 1. The average molecular weight is 419 g/mol. The van der Waals surface area contributed by atoms with E-state index in [1.54, 1.807) is 7.11 Å². The first-order valence-corrected chi connectivity index (χ1v) is 11.4. The lowest BCUT2D eigenvalue weighted by Crippen LogP contribution is -2.32. The van der Waals surface area contributed by atoms with E-state index in [1.807, 2.05) is 55.2 Å². The molecule has 0 fully saturated rings. The quantitative estimate of drug-likeness (QED) is 0.459. The number of thioether (sulfide) groups is 1. The molecule has 1 atom stereocenters. The SMILES string of the molecule is COc1ccc(CNCCCSC)cc1OCC(O)CN(C)Cc1ccccc1. The molecule has 0 aromatic heterocycles. The number of nitrogens with zero attached hydrogens (tertiary/aromatic N) is 1. The Hall–Kier alpha value is -1.73. The second-order valence-corrected chi connectivity index (χ2v) is 8.14. The van der Waals surface area contributed by atoms with Crippen molar-refractivity contribution in [3.05, 3.63) is 59.7 Å². The van der Waals surface area contributed by atoms with E-state index in [2.05, 4.69) is 28.6 Å². The summed E-state index contributed by atoms with van der Waals surface area (Å²) in [5.74, 6) is 2.52. The van der Waals surface area contributed by atoms with Crippen LogP contribution in [0.15, 0.2) is 48.5 Å². The van der Waals surface area contributed by atoms with Gasteiger partial charge in [-0.05, 0) is 55.3 Å². The molecule has 5 nitrogen and oxygen atoms in total. The van der Waals surface area contributed by atoms with Crippen LogP contribution in [0.3, 0.4) is 0 Å². The number of ether oxygens (including phenoxy) is 2. The van der Waals surface area contributed by atoms with Gasteiger partial charge in [0.1, 0.15) is 12.7 Å². The average Bonchev–Trinajstić information content (AvgIpc) is 2.73. The monoisotopic (exact) mass is 418 g/mol. The van der Waals surface area contributed by atoms with Gasteiger partial charge in [-0.25, -0.2) is 0 Å². The van der Waals surface area contributed by atoms with Crippen LogP contribution in [0.25, 0.3) is 0 Å². The van der Waals surface area contributed by atoms with E-state index >= 15 is 0 Å². The third-order valence-electron chi connectivity index (χ3n) is 4.51. The van der Waals surface area contributed by atoms with Crippen molar-refractivity contribution in [1.29, 1.82) is 0 Å². The maximum Gasteiger partial charge on any atom is 0.161 e. The highest BCUT2D eigenvalue weighted by Crippen LogP contribution is 2.28. The minimum atomic E-state index is -0.582. The van der Waals surface area contributed by atoms with Gasteiger partial charge >= 0.3 is 0 Å². The van der Waals surface area contributed by atoms with Gasteiger partial charge in [0, 0.05) is 19.6 Å². The normalized spacial score (nSPS) is 12.2. The lowest BCUT2D eigenvalue weighted by molar-refractivity contribution is 0.0732. The molecule has 1 unspecified atom stereocenters. The van der Waals surface area contributed by atoms with E-state index in [-0.39, 0.29) is 6.61 Å². The van der Waals surface area contributed by atoms with Crippen LogP contribution in [-0.4, -0.2) is 62.0 Å². The van der Waals surface area contributed by atoms with Crippen LogP contribution in [0, 0.1) is 0 Å². The number of aliphatic hydroxyl groups is 1. The van der Waals surface area contributed by atoms with Crippen LogP contribution >= 0.6 is 11.8 Å². The highest BCUT2D eigenvalue weighted by atomic mass is 32.2. The van der Waals surface area contributed by atoms with E-state index in [1.165, 1.54) is 11.3 Å². The number of hydrogen-bond donors (Lipinski definition) is 2. The highest BCUT2D eigenvalue weighted by molar-refractivity contribution is 7.98. The Balaban J connectivity index is 1.81. The smallest absolute Gasteiger partial charge is 0.161 e. The molecule has 6 heteroatoms. The Kier molecular flexibility index (Phi) is 11.0. The number of methoxy groups -OCH3 is 1. The first-order valence-electron chi connectivity index (χ1n) is 10.0. The molecule has 0 aliphatic rings. The fourth-order valence-corrected chi connectivity index (χ4v) is 3.51. The van der Waals surface area contributed by atoms with Crippen molar-refractivity contribution in [3.8, 4) is 11.5 Å². The van der Waals surface area contributed by atoms with Crippen molar-refractivity contribution >= 4 is 11.8 Å². The lowest BCUT2D eigenvalue weighted by Gasteiger charge is -2.21. The molecule has 0 spiro atoms. The summed E-state index contributed by atoms with van der Waals surface area (Å²) in [5.41, 5.74) is 2.36. The third-order valence-corrected chi connectivity index (χ3v) is 5.21. The van der Waals surface area contributed by atoms with Gasteiger partial charge in [-0.15, -0.1) is 0 Å². The summed E-state index contributed by atoms with van der Waals surface area (Å²) in [4.78, 5) is 2.09. The predicted molar refractivity (Wildman–Crippen MR) is 122 cm³/mol. The molecule has 2 aromatic carbocycles. The largest absolute Gasteiger partial charge is 0.493 e. The molecule has 160 valence electrons. The maximum atomic E-state index is 10.4. The molecule has 0 aliphatic heterocycles. The second kappa shape index (κ2) is 13.5. The van der Waals surface area contributed by atoms with E-state index in [0.29, 0.717) is 18.0 Å². The van der Waals surface area contributed by atoms with Gasteiger partial charge in [0.2, 0.25) is 0 Å². The Bertz CT molecular complexity index is 700. The standard InChI is InChI=1S/C23H34N2O3S/c1-25(16-19-8-5-4-6-9-19)17-21(26)18-28-23-14-20(10-11-22(23)27-2)15-24-12-7-13-29-3/h4-6,8-11,14,21,24,26H,7,12-13,15-18H2,1-3H3. The molecule has 0 aliphatic carbocycles. The topological polar surface area (TPSA) is 54.0 Å². The van der Waals surface area contributed by atoms with Crippen molar-refractivity contribution < 1.29 is 14.6 Å². The molecule has 0 heterocycles. The number of benzene rings is 2. The first-order chi connectivity index (χ1) is 14.1. The molecule has 2 aromatic rings. The van der Waals surface area contributed by atoms with Crippen LogP contribution < -0.4 is 14.8 Å². The zero-order valence-electron chi connectivity index (χ0n) is 17.8. The van der Waals surface area contributed by atoms with E-state index in [4.69, 9.17) is 9.47 Å². The fraction of sp³-hybridized carbons (Fsp3) is 0.478. The van der Waals surface area contributed by atoms with Gasteiger partial charge in [-0.1, -0.05) is 36.4 Å². The third kappa shape index (κ3) is 9.09. The van der Waals surface area contributed by atoms with Gasteiger partial charge < -0.3 is 19.9 Å². The molecule has 0 amide bonds. The van der Waals surface area contributed by atoms with Crippen molar-refractivity contribution in [2.75, 3.05) is 45.9 Å². The first kappa shape index (κ1) is 23.5. The Labute approximate surface area is 179 Å². The van der Waals surface area contributed by atoms with Gasteiger partial charge in [-0.3, -0.25) is 4.90 Å². The van der Waals surface area contributed by atoms with Crippen LogP contribution in [0.5, 0.6) is 11.5 Å². The summed E-state index contributed by atoms with van der Waals surface area (Å²) in [7, 11) is 3.63. The minimum Gasteiger partial charge on any atom is -0.493 e. The number of hydrogen-bond acceptors (Lipinski definition) is 6. The predicted octanol–water partition coefficient (Wildman–Crippen LogP) is 3.41. The van der Waals surface area contributed by atoms with Crippen molar-refractivity contribution in [1.82, 2.24) is 10.2 Å². The highest BCUT2D eigenvalue weighted by Gasteiger charge is 2.12. The zero-order valence-corrected chi connectivity index (χ0v) is 18.6. The second-order valence-electron chi connectivity index (χ2n) is 7.16. The maximum absolute atomic E-state index is 10.4. The van der Waals surface area contributed by atoms with Crippen molar-refractivity contribution in [3.63, 3.8) is 0 Å². The Morgan fingerprint density at radius 2 is 1.90 bits per heavy atom. The van der Waals surface area contributed by atoms with E-state index in [0.717, 1.165) is 31.6 Å². The van der Waals surface area contributed by atoms with E-state index in [9.17, 15) is 5.11 Å². The van der Waals surface area contributed by atoms with Crippen LogP contribution in [0.4, 0.5) is 0 Å². The van der Waals surface area contributed by atoms with Gasteiger partial charge in [0.05, 0.1) is 7.11 Å². The number of likely N-dealkylation sites (N-methyl/N-ethyl adjacent to an activating group) is 1. The molecule has 0 saturated heterocycles. The molecule has 0 radical (unpaired) electrons. The summed E-state index contributed by atoms with van der Waals surface area (Å²) >= 11 is 1.87. The summed E-state index contributed by atoms with van der Waals surface area (Å²) in [6, 6.07) is 16.2. The number of aliphatic hydroxyl groups excluding tert-OH is 1. The summed E-state index contributed by atoms with van der Waals surface area (Å²) in [6.07, 6.45) is 2.70. The van der Waals surface area contributed by atoms with Crippen LogP contribution in [0.2, 0.25) is 0 Å². The van der Waals surface area contributed by atoms with Crippen molar-refractivity contribution in [2.24, 2.45) is 0 Å². The zero-order chi connectivity index (χ0) is 20.9. The van der Waals surface area contributed by atoms with Crippen LogP contribution in [0.1, 0.15) is 17.5 Å². The summed E-state index contributed by atoms with van der Waals surface area (Å²) in [5, 5.41) is 13.8. The van der Waals surface area contributed by atoms with Gasteiger partial charge in [0.15, 0.2) is 11.5 Å². The van der Waals surface area contributed by atoms with Gasteiger partial charge in [-0.2, -0.15) is 11.8 Å². The number of rotatable bonds is 14. The summed E-state index contributed by atoms with van der Waals surface area (Å²) < 4.78 is 11.3. The van der Waals surface area contributed by atoms with Crippen LogP contribution in [-0.2, 0) is 13.1 Å². The molecule has 29 heavy (non-hydrogen) atoms. The summed E-state index contributed by atoms with van der Waals surface area (Å²) in [6.45, 7) is 3.33. The lowest BCUT2D eigenvalue weighted by atomic mass is 10.2. The molecule has 0 bridgehead atoms. The molecule has 0 saturated carbocycles. The fourth-order valence-electron chi connectivity index (χ4n) is 3.08. The van der Waals surface area contributed by atoms with Crippen molar-refractivity contribution in [2.45, 2.75) is 25.6 Å².